The Hall–Kier alpha value is -1.71. The van der Waals surface area contributed by atoms with Gasteiger partial charge in [-0.3, -0.25) is 10.9 Å². The van der Waals surface area contributed by atoms with E-state index in [1.54, 1.807) is 0 Å². The summed E-state index contributed by atoms with van der Waals surface area (Å²) in [6, 6.07) is 7.67. The van der Waals surface area contributed by atoms with E-state index in [1.165, 1.54) is 0 Å². The van der Waals surface area contributed by atoms with Gasteiger partial charge in [-0.05, 0) is 38.5 Å². The Morgan fingerprint density at radius 2 is 2.07 bits per heavy atom. The molecule has 0 atom stereocenters. The lowest BCUT2D eigenvalue weighted by molar-refractivity contribution is 0.240. The van der Waals surface area contributed by atoms with Crippen LogP contribution in [0.2, 0.25) is 0 Å². The summed E-state index contributed by atoms with van der Waals surface area (Å²) in [6.45, 7) is 5.82. The second-order valence-corrected chi connectivity index (χ2v) is 3.75. The van der Waals surface area contributed by atoms with Crippen molar-refractivity contribution in [3.63, 3.8) is 0 Å². The average Bonchev–Trinajstić information content (AvgIpc) is 2.14. The Labute approximate surface area is 90.0 Å². The van der Waals surface area contributed by atoms with E-state index in [9.17, 15) is 4.79 Å². The van der Waals surface area contributed by atoms with Gasteiger partial charge in [0.1, 0.15) is 0 Å². The molecule has 4 heteroatoms. The van der Waals surface area contributed by atoms with Crippen LogP contribution < -0.4 is 16.2 Å². The fourth-order valence-electron chi connectivity index (χ4n) is 1.15. The highest BCUT2D eigenvalue weighted by Crippen LogP contribution is 2.07. The van der Waals surface area contributed by atoms with E-state index in [0.29, 0.717) is 0 Å². The monoisotopic (exact) mass is 207 g/mol. The number of rotatable bonds is 3. The molecule has 0 saturated heterocycles. The van der Waals surface area contributed by atoms with Gasteiger partial charge in [-0.15, -0.1) is 0 Å². The third kappa shape index (κ3) is 4.35. The normalized spacial score (nSPS) is 9.87. The van der Waals surface area contributed by atoms with Crippen molar-refractivity contribution in [2.75, 3.05) is 5.43 Å². The third-order valence-corrected chi connectivity index (χ3v) is 1.76. The summed E-state index contributed by atoms with van der Waals surface area (Å²) in [5.74, 6) is 0. The molecule has 0 aliphatic carbocycles. The summed E-state index contributed by atoms with van der Waals surface area (Å²) in [7, 11) is 0. The standard InChI is InChI=1S/C11H17N3O/c1-8(2)12-11(15)14-13-10-6-4-5-9(3)7-10/h4-8,13H,1-3H3,(H2,12,14,15). The topological polar surface area (TPSA) is 53.2 Å². The summed E-state index contributed by atoms with van der Waals surface area (Å²) in [4.78, 5) is 11.2. The first kappa shape index (κ1) is 11.4. The van der Waals surface area contributed by atoms with Crippen molar-refractivity contribution in [3.05, 3.63) is 29.8 Å². The molecule has 15 heavy (non-hydrogen) atoms. The lowest BCUT2D eigenvalue weighted by Crippen LogP contribution is -2.42. The highest BCUT2D eigenvalue weighted by Gasteiger charge is 2.00. The molecule has 0 aromatic heterocycles. The lowest BCUT2D eigenvalue weighted by atomic mass is 10.2. The fourth-order valence-corrected chi connectivity index (χ4v) is 1.15. The van der Waals surface area contributed by atoms with E-state index in [0.717, 1.165) is 11.3 Å². The molecular formula is C11H17N3O. The third-order valence-electron chi connectivity index (χ3n) is 1.76. The number of urea groups is 1. The Bertz CT molecular complexity index is 336. The molecule has 2 amide bonds. The van der Waals surface area contributed by atoms with Gasteiger partial charge in [0.05, 0.1) is 5.69 Å². The van der Waals surface area contributed by atoms with Gasteiger partial charge < -0.3 is 5.32 Å². The molecule has 1 aromatic carbocycles. The maximum atomic E-state index is 11.2. The SMILES string of the molecule is Cc1cccc(NNC(=O)NC(C)C)c1. The van der Waals surface area contributed by atoms with Crippen molar-refractivity contribution in [2.45, 2.75) is 26.8 Å². The van der Waals surface area contributed by atoms with E-state index < -0.39 is 0 Å². The number of hydrogen-bond donors (Lipinski definition) is 3. The molecule has 1 rings (SSSR count). The van der Waals surface area contributed by atoms with Crippen LogP contribution in [0.4, 0.5) is 10.5 Å². The van der Waals surface area contributed by atoms with Crippen LogP contribution in [-0.4, -0.2) is 12.1 Å². The maximum absolute atomic E-state index is 11.2. The van der Waals surface area contributed by atoms with Crippen LogP contribution >= 0.6 is 0 Å². The Morgan fingerprint density at radius 3 is 2.67 bits per heavy atom. The number of carbonyl (C=O) groups excluding carboxylic acids is 1. The van der Waals surface area contributed by atoms with Crippen LogP contribution in [-0.2, 0) is 0 Å². The Kier molecular flexibility index (Phi) is 3.97. The van der Waals surface area contributed by atoms with Crippen LogP contribution in [0.3, 0.4) is 0 Å². The van der Waals surface area contributed by atoms with Crippen molar-refractivity contribution < 1.29 is 4.79 Å². The van der Waals surface area contributed by atoms with Crippen LogP contribution in [0.25, 0.3) is 0 Å². The van der Waals surface area contributed by atoms with Crippen LogP contribution in [0.1, 0.15) is 19.4 Å². The van der Waals surface area contributed by atoms with E-state index in [2.05, 4.69) is 16.2 Å². The van der Waals surface area contributed by atoms with E-state index >= 15 is 0 Å². The van der Waals surface area contributed by atoms with Crippen molar-refractivity contribution in [2.24, 2.45) is 0 Å². The van der Waals surface area contributed by atoms with Crippen molar-refractivity contribution >= 4 is 11.7 Å². The summed E-state index contributed by atoms with van der Waals surface area (Å²) < 4.78 is 0. The first-order valence-corrected chi connectivity index (χ1v) is 4.97. The zero-order chi connectivity index (χ0) is 11.3. The molecule has 0 aliphatic heterocycles. The summed E-state index contributed by atoms with van der Waals surface area (Å²) >= 11 is 0. The zero-order valence-electron chi connectivity index (χ0n) is 9.29. The van der Waals surface area contributed by atoms with Gasteiger partial charge in [0.2, 0.25) is 0 Å². The molecule has 0 unspecified atom stereocenters. The number of nitrogens with one attached hydrogen (secondary N) is 3. The zero-order valence-corrected chi connectivity index (χ0v) is 9.29. The molecule has 82 valence electrons. The molecule has 0 heterocycles. The molecular weight excluding hydrogens is 190 g/mol. The van der Waals surface area contributed by atoms with Gasteiger partial charge >= 0.3 is 6.03 Å². The highest BCUT2D eigenvalue weighted by atomic mass is 16.2. The van der Waals surface area contributed by atoms with Gasteiger partial charge in [-0.2, -0.15) is 0 Å². The van der Waals surface area contributed by atoms with E-state index in [4.69, 9.17) is 0 Å². The first-order chi connectivity index (χ1) is 7.08. The summed E-state index contributed by atoms with van der Waals surface area (Å²) in [5.41, 5.74) is 7.40. The molecule has 0 fully saturated rings. The number of hydrogen-bond acceptors (Lipinski definition) is 2. The number of hydrazine groups is 1. The minimum Gasteiger partial charge on any atom is -0.335 e. The number of aryl methyl sites for hydroxylation is 1. The van der Waals surface area contributed by atoms with Crippen molar-refractivity contribution in [3.8, 4) is 0 Å². The van der Waals surface area contributed by atoms with Crippen LogP contribution in [0.15, 0.2) is 24.3 Å². The predicted octanol–water partition coefficient (Wildman–Crippen LogP) is 2.03. The molecule has 0 bridgehead atoms. The molecule has 0 radical (unpaired) electrons. The Balaban J connectivity index is 2.40. The minimum absolute atomic E-state index is 0.129. The summed E-state index contributed by atoms with van der Waals surface area (Å²) in [6.07, 6.45) is 0. The van der Waals surface area contributed by atoms with Gasteiger partial charge in [0.15, 0.2) is 0 Å². The molecule has 0 saturated carbocycles. The number of anilines is 1. The van der Waals surface area contributed by atoms with Gasteiger partial charge in [-0.25, -0.2) is 4.79 Å². The van der Waals surface area contributed by atoms with E-state index in [-0.39, 0.29) is 12.1 Å². The quantitative estimate of drug-likeness (QED) is 0.664. The van der Waals surface area contributed by atoms with Gasteiger partial charge in [0.25, 0.3) is 0 Å². The average molecular weight is 207 g/mol. The van der Waals surface area contributed by atoms with Crippen molar-refractivity contribution in [1.82, 2.24) is 10.7 Å². The fraction of sp³-hybridized carbons (Fsp3) is 0.364. The molecule has 1 aromatic rings. The number of amides is 2. The molecule has 0 spiro atoms. The number of carbonyl (C=O) groups is 1. The van der Waals surface area contributed by atoms with E-state index in [1.807, 2.05) is 45.0 Å². The second kappa shape index (κ2) is 5.24. The molecule has 3 N–H and O–H groups in total. The summed E-state index contributed by atoms with van der Waals surface area (Å²) in [5, 5.41) is 2.72. The Morgan fingerprint density at radius 1 is 1.33 bits per heavy atom. The van der Waals surface area contributed by atoms with Gasteiger partial charge in [-0.1, -0.05) is 12.1 Å². The maximum Gasteiger partial charge on any atom is 0.333 e. The predicted molar refractivity (Wildman–Crippen MR) is 61.6 cm³/mol. The molecule has 0 aliphatic rings. The first-order valence-electron chi connectivity index (χ1n) is 4.97. The highest BCUT2D eigenvalue weighted by molar-refractivity contribution is 5.75. The van der Waals surface area contributed by atoms with Crippen LogP contribution in [0, 0.1) is 6.92 Å². The molecule has 4 nitrogen and oxygen atoms in total. The second-order valence-electron chi connectivity index (χ2n) is 3.75. The smallest absolute Gasteiger partial charge is 0.333 e. The lowest BCUT2D eigenvalue weighted by Gasteiger charge is -2.12. The van der Waals surface area contributed by atoms with Crippen molar-refractivity contribution in [1.29, 1.82) is 0 Å². The number of benzene rings is 1. The minimum atomic E-state index is -0.230. The largest absolute Gasteiger partial charge is 0.335 e. The van der Waals surface area contributed by atoms with Crippen LogP contribution in [0.5, 0.6) is 0 Å². The van der Waals surface area contributed by atoms with Gasteiger partial charge in [0, 0.05) is 6.04 Å².